The molecule has 15 heavy (non-hydrogen) atoms. The van der Waals surface area contributed by atoms with Crippen LogP contribution in [0.5, 0.6) is 0 Å². The van der Waals surface area contributed by atoms with Crippen molar-refractivity contribution in [2.24, 2.45) is 5.92 Å². The SMILES string of the molecule is CCC1CC1N1CCNC(CC)(CC)C1. The Hall–Kier alpha value is -0.0800. The number of hydrogen-bond donors (Lipinski definition) is 1. The molecule has 2 fully saturated rings. The average Bonchev–Trinajstić information content (AvgIpc) is 3.08. The highest BCUT2D eigenvalue weighted by molar-refractivity contribution is 5.01. The largest absolute Gasteiger partial charge is 0.309 e. The molecule has 0 amide bonds. The van der Waals surface area contributed by atoms with Crippen LogP contribution in [0.25, 0.3) is 0 Å². The van der Waals surface area contributed by atoms with Crippen LogP contribution in [-0.4, -0.2) is 36.1 Å². The summed E-state index contributed by atoms with van der Waals surface area (Å²) in [7, 11) is 0. The first-order chi connectivity index (χ1) is 7.24. The van der Waals surface area contributed by atoms with E-state index in [4.69, 9.17) is 0 Å². The van der Waals surface area contributed by atoms with Crippen LogP contribution in [0.3, 0.4) is 0 Å². The molecule has 1 aliphatic heterocycles. The standard InChI is InChI=1S/C13H26N2/c1-4-11-9-12(11)15-8-7-14-13(5-2,6-3)10-15/h11-12,14H,4-10H2,1-3H3. The fraction of sp³-hybridized carbons (Fsp3) is 1.00. The van der Waals surface area contributed by atoms with Crippen LogP contribution < -0.4 is 5.32 Å². The van der Waals surface area contributed by atoms with Crippen LogP contribution in [0.1, 0.15) is 46.5 Å². The normalized spacial score (nSPS) is 35.4. The minimum atomic E-state index is 0.416. The zero-order chi connectivity index (χ0) is 10.9. The molecule has 2 atom stereocenters. The van der Waals surface area contributed by atoms with E-state index in [2.05, 4.69) is 31.0 Å². The van der Waals surface area contributed by atoms with E-state index in [0.29, 0.717) is 5.54 Å². The van der Waals surface area contributed by atoms with Crippen LogP contribution in [0.15, 0.2) is 0 Å². The monoisotopic (exact) mass is 210 g/mol. The molecular formula is C13H26N2. The molecular weight excluding hydrogens is 184 g/mol. The minimum Gasteiger partial charge on any atom is -0.309 e. The lowest BCUT2D eigenvalue weighted by Crippen LogP contribution is -2.60. The van der Waals surface area contributed by atoms with Crippen LogP contribution in [0.4, 0.5) is 0 Å². The van der Waals surface area contributed by atoms with Gasteiger partial charge in [-0.1, -0.05) is 27.2 Å². The molecule has 0 aromatic rings. The van der Waals surface area contributed by atoms with Crippen molar-refractivity contribution >= 4 is 0 Å². The lowest BCUT2D eigenvalue weighted by molar-refractivity contribution is 0.112. The van der Waals surface area contributed by atoms with Gasteiger partial charge < -0.3 is 5.32 Å². The Labute approximate surface area is 94.4 Å². The third-order valence-electron chi connectivity index (χ3n) is 4.64. The zero-order valence-electron chi connectivity index (χ0n) is 10.6. The third-order valence-corrected chi connectivity index (χ3v) is 4.64. The van der Waals surface area contributed by atoms with Crippen LogP contribution in [0, 0.1) is 5.92 Å². The summed E-state index contributed by atoms with van der Waals surface area (Å²) < 4.78 is 0. The summed E-state index contributed by atoms with van der Waals surface area (Å²) in [6, 6.07) is 0.926. The van der Waals surface area contributed by atoms with E-state index in [1.165, 1.54) is 45.3 Å². The molecule has 2 nitrogen and oxygen atoms in total. The highest BCUT2D eigenvalue weighted by Crippen LogP contribution is 2.39. The molecule has 1 saturated carbocycles. The third kappa shape index (κ3) is 2.21. The summed E-state index contributed by atoms with van der Waals surface area (Å²) in [5.74, 6) is 1.01. The van der Waals surface area contributed by atoms with Gasteiger partial charge in [0.15, 0.2) is 0 Å². The van der Waals surface area contributed by atoms with E-state index in [-0.39, 0.29) is 0 Å². The fourth-order valence-electron chi connectivity index (χ4n) is 3.11. The molecule has 2 heteroatoms. The first-order valence-corrected chi connectivity index (χ1v) is 6.73. The van der Waals surface area contributed by atoms with Crippen molar-refractivity contribution in [1.29, 1.82) is 0 Å². The first kappa shape index (κ1) is 11.4. The molecule has 0 spiro atoms. The van der Waals surface area contributed by atoms with Gasteiger partial charge in [0.25, 0.3) is 0 Å². The van der Waals surface area contributed by atoms with E-state index >= 15 is 0 Å². The Morgan fingerprint density at radius 2 is 2.00 bits per heavy atom. The summed E-state index contributed by atoms with van der Waals surface area (Å²) in [6.45, 7) is 10.7. The Morgan fingerprint density at radius 3 is 2.53 bits per heavy atom. The maximum atomic E-state index is 3.74. The predicted octanol–water partition coefficient (Wildman–Crippen LogP) is 2.25. The second-order valence-corrected chi connectivity index (χ2v) is 5.36. The van der Waals surface area contributed by atoms with Gasteiger partial charge in [0.1, 0.15) is 0 Å². The van der Waals surface area contributed by atoms with E-state index in [9.17, 15) is 0 Å². The van der Waals surface area contributed by atoms with Gasteiger partial charge >= 0.3 is 0 Å². The molecule has 1 heterocycles. The Balaban J connectivity index is 1.92. The van der Waals surface area contributed by atoms with Crippen molar-refractivity contribution in [2.75, 3.05) is 19.6 Å². The van der Waals surface area contributed by atoms with Gasteiger partial charge in [0.05, 0.1) is 0 Å². The molecule has 1 aliphatic carbocycles. The highest BCUT2D eigenvalue weighted by Gasteiger charge is 2.44. The van der Waals surface area contributed by atoms with Crippen LogP contribution in [0.2, 0.25) is 0 Å². The summed E-state index contributed by atoms with van der Waals surface area (Å²) in [5, 5.41) is 3.74. The molecule has 88 valence electrons. The number of hydrogen-bond acceptors (Lipinski definition) is 2. The Kier molecular flexibility index (Phi) is 3.36. The molecule has 1 N–H and O–H groups in total. The molecule has 0 aromatic heterocycles. The second kappa shape index (κ2) is 4.42. The second-order valence-electron chi connectivity index (χ2n) is 5.36. The van der Waals surface area contributed by atoms with Gasteiger partial charge in [0, 0.05) is 31.2 Å². The first-order valence-electron chi connectivity index (χ1n) is 6.73. The maximum absolute atomic E-state index is 3.74. The smallest absolute Gasteiger partial charge is 0.0304 e. The van der Waals surface area contributed by atoms with E-state index in [0.717, 1.165) is 12.0 Å². The Morgan fingerprint density at radius 1 is 1.27 bits per heavy atom. The maximum Gasteiger partial charge on any atom is 0.0304 e. The van der Waals surface area contributed by atoms with Crippen molar-refractivity contribution in [1.82, 2.24) is 10.2 Å². The van der Waals surface area contributed by atoms with Gasteiger partial charge in [-0.15, -0.1) is 0 Å². The lowest BCUT2D eigenvalue weighted by Gasteiger charge is -2.43. The number of piperazine rings is 1. The number of rotatable bonds is 4. The van der Waals surface area contributed by atoms with E-state index in [1.807, 2.05) is 0 Å². The summed E-state index contributed by atoms with van der Waals surface area (Å²) in [4.78, 5) is 2.75. The predicted molar refractivity (Wildman–Crippen MR) is 65.1 cm³/mol. The van der Waals surface area contributed by atoms with Gasteiger partial charge in [-0.3, -0.25) is 4.90 Å². The van der Waals surface area contributed by atoms with Crippen molar-refractivity contribution < 1.29 is 0 Å². The Bertz CT molecular complexity index is 211. The molecule has 2 rings (SSSR count). The van der Waals surface area contributed by atoms with Gasteiger partial charge in [-0.25, -0.2) is 0 Å². The van der Waals surface area contributed by atoms with Crippen molar-refractivity contribution in [2.45, 2.75) is 58.0 Å². The molecule has 2 unspecified atom stereocenters. The molecule has 0 aromatic carbocycles. The zero-order valence-corrected chi connectivity index (χ0v) is 10.6. The number of nitrogens with zero attached hydrogens (tertiary/aromatic N) is 1. The van der Waals surface area contributed by atoms with E-state index in [1.54, 1.807) is 0 Å². The highest BCUT2D eigenvalue weighted by atomic mass is 15.3. The van der Waals surface area contributed by atoms with Crippen molar-refractivity contribution in [3.8, 4) is 0 Å². The van der Waals surface area contributed by atoms with Crippen LogP contribution in [-0.2, 0) is 0 Å². The van der Waals surface area contributed by atoms with Gasteiger partial charge in [0.2, 0.25) is 0 Å². The summed E-state index contributed by atoms with van der Waals surface area (Å²) in [5.41, 5.74) is 0.416. The van der Waals surface area contributed by atoms with Crippen molar-refractivity contribution in [3.63, 3.8) is 0 Å². The van der Waals surface area contributed by atoms with E-state index < -0.39 is 0 Å². The minimum absolute atomic E-state index is 0.416. The molecule has 1 saturated heterocycles. The topological polar surface area (TPSA) is 15.3 Å². The van der Waals surface area contributed by atoms with Gasteiger partial charge in [-0.2, -0.15) is 0 Å². The molecule has 0 radical (unpaired) electrons. The van der Waals surface area contributed by atoms with Gasteiger partial charge in [-0.05, 0) is 25.2 Å². The van der Waals surface area contributed by atoms with Crippen molar-refractivity contribution in [3.05, 3.63) is 0 Å². The summed E-state index contributed by atoms with van der Waals surface area (Å²) >= 11 is 0. The number of nitrogens with one attached hydrogen (secondary N) is 1. The van der Waals surface area contributed by atoms with Crippen LogP contribution >= 0.6 is 0 Å². The fourth-order valence-corrected chi connectivity index (χ4v) is 3.11. The average molecular weight is 210 g/mol. The molecule has 0 bridgehead atoms. The summed E-state index contributed by atoms with van der Waals surface area (Å²) in [6.07, 6.45) is 5.37. The lowest BCUT2D eigenvalue weighted by atomic mass is 9.90. The molecule has 2 aliphatic rings. The quantitative estimate of drug-likeness (QED) is 0.765.